The minimum absolute atomic E-state index is 0.0944. The highest BCUT2D eigenvalue weighted by atomic mass is 16.1. The van der Waals surface area contributed by atoms with E-state index in [9.17, 15) is 4.79 Å². The van der Waals surface area contributed by atoms with E-state index in [1.807, 2.05) is 60.7 Å². The first kappa shape index (κ1) is 15.8. The molecule has 0 unspecified atom stereocenters. The van der Waals surface area contributed by atoms with Gasteiger partial charge in [0.2, 0.25) is 5.91 Å². The second kappa shape index (κ2) is 7.42. The van der Waals surface area contributed by atoms with E-state index < -0.39 is 0 Å². The number of rotatable bonds is 5. The molecule has 2 aromatic carbocycles. The first-order valence-corrected chi connectivity index (χ1v) is 8.30. The molecule has 1 heterocycles. The molecule has 1 aliphatic heterocycles. The average Bonchev–Trinajstić information content (AvgIpc) is 3.01. The molecule has 0 spiro atoms. The van der Waals surface area contributed by atoms with E-state index in [0.29, 0.717) is 5.92 Å². The fourth-order valence-electron chi connectivity index (χ4n) is 3.33. The van der Waals surface area contributed by atoms with Gasteiger partial charge >= 0.3 is 0 Å². The van der Waals surface area contributed by atoms with Crippen LogP contribution in [0.5, 0.6) is 0 Å². The summed E-state index contributed by atoms with van der Waals surface area (Å²) in [6, 6.07) is 20.0. The van der Waals surface area contributed by atoms with Crippen LogP contribution in [0.3, 0.4) is 0 Å². The van der Waals surface area contributed by atoms with Crippen LogP contribution in [0.25, 0.3) is 0 Å². The molecule has 3 rings (SSSR count). The number of hydrogen-bond acceptors (Lipinski definition) is 2. The van der Waals surface area contributed by atoms with E-state index in [1.165, 1.54) is 0 Å². The molecule has 0 bridgehead atoms. The van der Waals surface area contributed by atoms with Crippen molar-refractivity contribution in [1.82, 2.24) is 10.2 Å². The van der Waals surface area contributed by atoms with Gasteiger partial charge in [0.15, 0.2) is 0 Å². The molecule has 23 heavy (non-hydrogen) atoms. The lowest BCUT2D eigenvalue weighted by Crippen LogP contribution is -2.34. The maximum absolute atomic E-state index is 12.9. The lowest BCUT2D eigenvalue weighted by atomic mass is 9.90. The second-order valence-electron chi connectivity index (χ2n) is 6.42. The summed E-state index contributed by atoms with van der Waals surface area (Å²) in [5.74, 6) is 0.421. The summed E-state index contributed by atoms with van der Waals surface area (Å²) in [5.41, 5.74) is 2.08. The van der Waals surface area contributed by atoms with Crippen LogP contribution in [0.4, 0.5) is 0 Å². The topological polar surface area (TPSA) is 32.3 Å². The van der Waals surface area contributed by atoms with Gasteiger partial charge in [-0.1, -0.05) is 60.7 Å². The van der Waals surface area contributed by atoms with Gasteiger partial charge in [-0.2, -0.15) is 0 Å². The van der Waals surface area contributed by atoms with Crippen molar-refractivity contribution < 1.29 is 4.79 Å². The number of carbonyl (C=O) groups is 1. The van der Waals surface area contributed by atoms with Crippen molar-refractivity contribution >= 4 is 5.91 Å². The molecule has 1 amide bonds. The molecule has 0 radical (unpaired) electrons. The Hall–Kier alpha value is -2.13. The highest BCUT2D eigenvalue weighted by Crippen LogP contribution is 2.25. The number of amides is 1. The molecular weight excluding hydrogens is 284 g/mol. The fourth-order valence-corrected chi connectivity index (χ4v) is 3.33. The SMILES string of the molecule is CN1CC[C@@H](CNC(=O)C(c2ccccc2)c2ccccc2)C1. The lowest BCUT2D eigenvalue weighted by Gasteiger charge is -2.19. The number of hydrogen-bond donors (Lipinski definition) is 1. The van der Waals surface area contributed by atoms with Crippen molar-refractivity contribution in [2.45, 2.75) is 12.3 Å². The van der Waals surface area contributed by atoms with E-state index in [-0.39, 0.29) is 11.8 Å². The molecule has 1 aliphatic rings. The third kappa shape index (κ3) is 3.99. The molecule has 3 heteroatoms. The summed E-state index contributed by atoms with van der Waals surface area (Å²) in [6.07, 6.45) is 1.16. The van der Waals surface area contributed by atoms with Crippen LogP contribution in [0, 0.1) is 5.92 Å². The van der Waals surface area contributed by atoms with Gasteiger partial charge in [0.05, 0.1) is 5.92 Å². The van der Waals surface area contributed by atoms with Crippen molar-refractivity contribution in [2.75, 3.05) is 26.7 Å². The maximum Gasteiger partial charge on any atom is 0.232 e. The monoisotopic (exact) mass is 308 g/mol. The summed E-state index contributed by atoms with van der Waals surface area (Å²) in [6.45, 7) is 2.96. The van der Waals surface area contributed by atoms with E-state index >= 15 is 0 Å². The highest BCUT2D eigenvalue weighted by Gasteiger charge is 2.25. The molecule has 1 N–H and O–H groups in total. The van der Waals surface area contributed by atoms with Crippen molar-refractivity contribution in [2.24, 2.45) is 5.92 Å². The Bertz CT molecular complexity index is 587. The number of carbonyl (C=O) groups excluding carboxylic acids is 1. The molecule has 2 aromatic rings. The standard InChI is InChI=1S/C20H24N2O/c1-22-13-12-16(15-22)14-21-20(23)19(17-8-4-2-5-9-17)18-10-6-3-7-11-18/h2-11,16,19H,12-15H2,1H3,(H,21,23)/t16-/m0/s1. The molecular formula is C20H24N2O. The van der Waals surface area contributed by atoms with E-state index in [0.717, 1.165) is 37.2 Å². The maximum atomic E-state index is 12.9. The van der Waals surface area contributed by atoms with Crippen LogP contribution in [-0.4, -0.2) is 37.5 Å². The van der Waals surface area contributed by atoms with Crippen molar-refractivity contribution in [3.63, 3.8) is 0 Å². The van der Waals surface area contributed by atoms with Gasteiger partial charge < -0.3 is 10.2 Å². The van der Waals surface area contributed by atoms with Crippen molar-refractivity contribution in [3.8, 4) is 0 Å². The normalized spacial score (nSPS) is 18.3. The summed E-state index contributed by atoms with van der Waals surface area (Å²) in [4.78, 5) is 15.2. The molecule has 0 aliphatic carbocycles. The molecule has 1 saturated heterocycles. The minimum atomic E-state index is -0.239. The quantitative estimate of drug-likeness (QED) is 0.921. The van der Waals surface area contributed by atoms with Crippen LogP contribution in [-0.2, 0) is 4.79 Å². The van der Waals surface area contributed by atoms with Gasteiger partial charge in [-0.15, -0.1) is 0 Å². The lowest BCUT2D eigenvalue weighted by molar-refractivity contribution is -0.121. The molecule has 0 saturated carbocycles. The Morgan fingerprint density at radius 1 is 1.09 bits per heavy atom. The minimum Gasteiger partial charge on any atom is -0.355 e. The Labute approximate surface area is 138 Å². The van der Waals surface area contributed by atoms with E-state index in [1.54, 1.807) is 0 Å². The van der Waals surface area contributed by atoms with Crippen LogP contribution in [0.15, 0.2) is 60.7 Å². The van der Waals surface area contributed by atoms with Crippen molar-refractivity contribution in [3.05, 3.63) is 71.8 Å². The third-order valence-electron chi connectivity index (χ3n) is 4.58. The van der Waals surface area contributed by atoms with Gasteiger partial charge in [0.1, 0.15) is 0 Å². The third-order valence-corrected chi connectivity index (χ3v) is 4.58. The number of nitrogens with one attached hydrogen (secondary N) is 1. The summed E-state index contributed by atoms with van der Waals surface area (Å²) in [5, 5.41) is 3.18. The van der Waals surface area contributed by atoms with Crippen LogP contribution < -0.4 is 5.32 Å². The summed E-state index contributed by atoms with van der Waals surface area (Å²) in [7, 11) is 2.14. The molecule has 1 fully saturated rings. The van der Waals surface area contributed by atoms with Gasteiger partial charge in [0.25, 0.3) is 0 Å². The van der Waals surface area contributed by atoms with Crippen molar-refractivity contribution in [1.29, 1.82) is 0 Å². The van der Waals surface area contributed by atoms with Crippen LogP contribution in [0.2, 0.25) is 0 Å². The van der Waals surface area contributed by atoms with E-state index in [4.69, 9.17) is 0 Å². The van der Waals surface area contributed by atoms with Crippen LogP contribution in [0.1, 0.15) is 23.5 Å². The zero-order valence-corrected chi connectivity index (χ0v) is 13.6. The average molecular weight is 308 g/mol. The first-order valence-electron chi connectivity index (χ1n) is 8.30. The fraction of sp³-hybridized carbons (Fsp3) is 0.350. The number of nitrogens with zero attached hydrogens (tertiary/aromatic N) is 1. The highest BCUT2D eigenvalue weighted by molar-refractivity contribution is 5.87. The summed E-state index contributed by atoms with van der Waals surface area (Å²) >= 11 is 0. The Kier molecular flexibility index (Phi) is 5.09. The Balaban J connectivity index is 1.74. The van der Waals surface area contributed by atoms with E-state index in [2.05, 4.69) is 17.3 Å². The number of benzene rings is 2. The second-order valence-corrected chi connectivity index (χ2v) is 6.42. The van der Waals surface area contributed by atoms with Gasteiger partial charge in [0, 0.05) is 13.1 Å². The summed E-state index contributed by atoms with van der Waals surface area (Å²) < 4.78 is 0. The van der Waals surface area contributed by atoms with Gasteiger partial charge in [-0.3, -0.25) is 4.79 Å². The van der Waals surface area contributed by atoms with Gasteiger partial charge in [-0.25, -0.2) is 0 Å². The Morgan fingerprint density at radius 3 is 2.13 bits per heavy atom. The Morgan fingerprint density at radius 2 is 1.65 bits per heavy atom. The largest absolute Gasteiger partial charge is 0.355 e. The number of likely N-dealkylation sites (tertiary alicyclic amines) is 1. The zero-order chi connectivity index (χ0) is 16.1. The first-order chi connectivity index (χ1) is 11.2. The molecule has 0 aromatic heterocycles. The van der Waals surface area contributed by atoms with Crippen LogP contribution >= 0.6 is 0 Å². The predicted octanol–water partition coefficient (Wildman–Crippen LogP) is 2.89. The van der Waals surface area contributed by atoms with Gasteiger partial charge in [-0.05, 0) is 37.1 Å². The molecule has 3 nitrogen and oxygen atoms in total. The predicted molar refractivity (Wildman–Crippen MR) is 93.3 cm³/mol. The molecule has 1 atom stereocenters. The smallest absolute Gasteiger partial charge is 0.232 e. The zero-order valence-electron chi connectivity index (χ0n) is 13.6. The molecule has 120 valence electrons.